The molecule has 1 amide bonds. The van der Waals surface area contributed by atoms with Gasteiger partial charge in [-0.3, -0.25) is 9.69 Å². The van der Waals surface area contributed by atoms with Gasteiger partial charge >= 0.3 is 0 Å². The maximum absolute atomic E-state index is 12.2. The predicted molar refractivity (Wildman–Crippen MR) is 72.7 cm³/mol. The predicted octanol–water partition coefficient (Wildman–Crippen LogP) is 2.39. The number of β-lactam (4-membered cyclic amide) rings is 1. The summed E-state index contributed by atoms with van der Waals surface area (Å²) in [7, 11) is 3.14. The number of furan rings is 1. The Morgan fingerprint density at radius 1 is 1.15 bits per heavy atom. The lowest BCUT2D eigenvalue weighted by atomic mass is 9.94. The van der Waals surface area contributed by atoms with Gasteiger partial charge in [0.1, 0.15) is 17.6 Å². The first kappa shape index (κ1) is 12.7. The molecule has 1 aromatic carbocycles. The molecule has 1 saturated heterocycles. The molecule has 3 rings (SSSR count). The van der Waals surface area contributed by atoms with Crippen LogP contribution < -0.4 is 9.64 Å². The lowest BCUT2D eigenvalue weighted by molar-refractivity contribution is -0.140. The third-order valence-corrected chi connectivity index (χ3v) is 3.48. The summed E-state index contributed by atoms with van der Waals surface area (Å²) in [6.07, 6.45) is 1.10. The average molecular weight is 273 g/mol. The van der Waals surface area contributed by atoms with Crippen molar-refractivity contribution < 1.29 is 18.7 Å². The Morgan fingerprint density at radius 3 is 2.45 bits per heavy atom. The topological polar surface area (TPSA) is 51.9 Å². The standard InChI is InChI=1S/C15H15NO4/c1-18-11-7-5-10(6-8-11)16-13(12-4-3-9-20-12)14(19-2)15(16)17/h3-9,13-14H,1-2H3/t13-,14+/m0/s1. The van der Waals surface area contributed by atoms with Crippen LogP contribution in [0, 0.1) is 0 Å². The number of methoxy groups -OCH3 is 2. The second-order valence-electron chi connectivity index (χ2n) is 4.52. The molecule has 1 fully saturated rings. The molecule has 2 heterocycles. The van der Waals surface area contributed by atoms with E-state index >= 15 is 0 Å². The Bertz CT molecular complexity index is 591. The zero-order valence-electron chi connectivity index (χ0n) is 11.3. The van der Waals surface area contributed by atoms with Gasteiger partial charge in [0.25, 0.3) is 5.91 Å². The van der Waals surface area contributed by atoms with Gasteiger partial charge in [0.05, 0.1) is 13.4 Å². The highest BCUT2D eigenvalue weighted by Crippen LogP contribution is 2.41. The van der Waals surface area contributed by atoms with E-state index in [4.69, 9.17) is 13.9 Å². The van der Waals surface area contributed by atoms with Crippen molar-refractivity contribution in [2.45, 2.75) is 12.1 Å². The molecule has 5 heteroatoms. The minimum atomic E-state index is -0.497. The summed E-state index contributed by atoms with van der Waals surface area (Å²) in [4.78, 5) is 13.9. The van der Waals surface area contributed by atoms with E-state index in [-0.39, 0.29) is 11.9 Å². The maximum atomic E-state index is 12.2. The van der Waals surface area contributed by atoms with Gasteiger partial charge in [-0.25, -0.2) is 0 Å². The zero-order valence-corrected chi connectivity index (χ0v) is 11.3. The summed E-state index contributed by atoms with van der Waals surface area (Å²) in [6, 6.07) is 10.8. The minimum absolute atomic E-state index is 0.0703. The van der Waals surface area contributed by atoms with Gasteiger partial charge in [-0.05, 0) is 36.4 Å². The molecule has 20 heavy (non-hydrogen) atoms. The van der Waals surface area contributed by atoms with Gasteiger partial charge in [-0.2, -0.15) is 0 Å². The van der Waals surface area contributed by atoms with Crippen LogP contribution in [0.4, 0.5) is 5.69 Å². The molecule has 2 aromatic rings. The summed E-state index contributed by atoms with van der Waals surface area (Å²) in [5, 5.41) is 0. The van der Waals surface area contributed by atoms with Gasteiger partial charge < -0.3 is 13.9 Å². The van der Waals surface area contributed by atoms with Gasteiger partial charge in [0.2, 0.25) is 0 Å². The number of rotatable bonds is 4. The van der Waals surface area contributed by atoms with E-state index < -0.39 is 6.10 Å². The fraction of sp³-hybridized carbons (Fsp3) is 0.267. The number of hydrogen-bond acceptors (Lipinski definition) is 4. The fourth-order valence-corrected chi connectivity index (χ4v) is 2.46. The third kappa shape index (κ3) is 1.87. The second-order valence-corrected chi connectivity index (χ2v) is 4.52. The quantitative estimate of drug-likeness (QED) is 0.803. The molecule has 1 aliphatic heterocycles. The second kappa shape index (κ2) is 5.02. The van der Waals surface area contributed by atoms with Gasteiger partial charge in [0, 0.05) is 12.8 Å². The molecule has 5 nitrogen and oxygen atoms in total. The largest absolute Gasteiger partial charge is 0.497 e. The SMILES string of the molecule is COc1ccc(N2C(=O)[C@H](OC)[C@@H]2c2ccco2)cc1. The normalized spacial score (nSPS) is 21.7. The molecule has 0 unspecified atom stereocenters. The Balaban J connectivity index is 1.92. The summed E-state index contributed by atoms with van der Waals surface area (Å²) in [6.45, 7) is 0. The molecule has 0 spiro atoms. The van der Waals surface area contributed by atoms with Gasteiger partial charge in [-0.1, -0.05) is 0 Å². The zero-order chi connectivity index (χ0) is 14.1. The van der Waals surface area contributed by atoms with Crippen molar-refractivity contribution in [1.82, 2.24) is 0 Å². The van der Waals surface area contributed by atoms with E-state index in [1.807, 2.05) is 30.3 Å². The van der Waals surface area contributed by atoms with Crippen LogP contribution >= 0.6 is 0 Å². The van der Waals surface area contributed by atoms with Crippen molar-refractivity contribution in [1.29, 1.82) is 0 Å². The molecule has 0 bridgehead atoms. The van der Waals surface area contributed by atoms with Crippen LogP contribution in [0.5, 0.6) is 5.75 Å². The van der Waals surface area contributed by atoms with Crippen molar-refractivity contribution in [3.63, 3.8) is 0 Å². The van der Waals surface area contributed by atoms with Crippen LogP contribution in [0.2, 0.25) is 0 Å². The average Bonchev–Trinajstić information content (AvgIpc) is 2.99. The van der Waals surface area contributed by atoms with Crippen molar-refractivity contribution in [3.8, 4) is 5.75 Å². The highest BCUT2D eigenvalue weighted by Gasteiger charge is 2.50. The minimum Gasteiger partial charge on any atom is -0.497 e. The van der Waals surface area contributed by atoms with Crippen LogP contribution in [-0.2, 0) is 9.53 Å². The van der Waals surface area contributed by atoms with Crippen LogP contribution in [0.3, 0.4) is 0 Å². The smallest absolute Gasteiger partial charge is 0.259 e. The van der Waals surface area contributed by atoms with E-state index in [0.717, 1.165) is 11.4 Å². The highest BCUT2D eigenvalue weighted by atomic mass is 16.5. The number of ether oxygens (including phenoxy) is 2. The number of hydrogen-bond donors (Lipinski definition) is 0. The highest BCUT2D eigenvalue weighted by molar-refractivity contribution is 6.05. The van der Waals surface area contributed by atoms with Crippen LogP contribution in [0.1, 0.15) is 11.8 Å². The Hall–Kier alpha value is -2.27. The van der Waals surface area contributed by atoms with Crippen LogP contribution in [-0.4, -0.2) is 26.2 Å². The first-order valence-electron chi connectivity index (χ1n) is 6.29. The monoisotopic (exact) mass is 273 g/mol. The Kier molecular flexibility index (Phi) is 3.20. The van der Waals surface area contributed by atoms with Crippen molar-refractivity contribution in [2.75, 3.05) is 19.1 Å². The number of carbonyl (C=O) groups is 1. The molecule has 0 N–H and O–H groups in total. The molecule has 0 aliphatic carbocycles. The molecule has 2 atom stereocenters. The third-order valence-electron chi connectivity index (χ3n) is 3.48. The lowest BCUT2D eigenvalue weighted by Crippen LogP contribution is -2.59. The first-order chi connectivity index (χ1) is 9.76. The van der Waals surface area contributed by atoms with E-state index in [9.17, 15) is 4.79 Å². The molecular weight excluding hydrogens is 258 g/mol. The molecule has 104 valence electrons. The van der Waals surface area contributed by atoms with Gasteiger partial charge in [0.15, 0.2) is 6.10 Å². The number of anilines is 1. The van der Waals surface area contributed by atoms with E-state index in [2.05, 4.69) is 0 Å². The summed E-state index contributed by atoms with van der Waals surface area (Å²) >= 11 is 0. The number of benzene rings is 1. The Morgan fingerprint density at radius 2 is 1.90 bits per heavy atom. The van der Waals surface area contributed by atoms with Crippen LogP contribution in [0.25, 0.3) is 0 Å². The van der Waals surface area contributed by atoms with E-state index in [1.54, 1.807) is 24.3 Å². The molecule has 0 radical (unpaired) electrons. The van der Waals surface area contributed by atoms with E-state index in [0.29, 0.717) is 5.76 Å². The molecule has 1 aliphatic rings. The number of nitrogens with zero attached hydrogens (tertiary/aromatic N) is 1. The maximum Gasteiger partial charge on any atom is 0.259 e. The van der Waals surface area contributed by atoms with Crippen molar-refractivity contribution in [3.05, 3.63) is 48.4 Å². The first-order valence-corrected chi connectivity index (χ1v) is 6.29. The molecular formula is C15H15NO4. The lowest BCUT2D eigenvalue weighted by Gasteiger charge is -2.44. The van der Waals surface area contributed by atoms with Crippen LogP contribution in [0.15, 0.2) is 47.1 Å². The molecule has 0 saturated carbocycles. The number of carbonyl (C=O) groups excluding carboxylic acids is 1. The van der Waals surface area contributed by atoms with Gasteiger partial charge in [-0.15, -0.1) is 0 Å². The van der Waals surface area contributed by atoms with Crippen molar-refractivity contribution in [2.24, 2.45) is 0 Å². The molecule has 1 aromatic heterocycles. The van der Waals surface area contributed by atoms with Crippen molar-refractivity contribution >= 4 is 11.6 Å². The summed E-state index contributed by atoms with van der Waals surface area (Å²) in [5.41, 5.74) is 0.797. The summed E-state index contributed by atoms with van der Waals surface area (Å²) < 4.78 is 15.8. The van der Waals surface area contributed by atoms with E-state index in [1.165, 1.54) is 7.11 Å². The number of amides is 1. The fourth-order valence-electron chi connectivity index (χ4n) is 2.46. The Labute approximate surface area is 116 Å². The summed E-state index contributed by atoms with van der Waals surface area (Å²) in [5.74, 6) is 1.39.